The smallest absolute Gasteiger partial charge is 0.255 e. The molecule has 0 radical (unpaired) electrons. The van der Waals surface area contributed by atoms with E-state index in [2.05, 4.69) is 10.2 Å². The highest BCUT2D eigenvalue weighted by Crippen LogP contribution is 2.29. The van der Waals surface area contributed by atoms with Crippen LogP contribution in [0, 0.1) is 0 Å². The van der Waals surface area contributed by atoms with Gasteiger partial charge in [-0.3, -0.25) is 9.69 Å². The molecule has 0 aliphatic carbocycles. The van der Waals surface area contributed by atoms with Gasteiger partial charge in [0.15, 0.2) is 0 Å². The number of ether oxygens (including phenoxy) is 2. The van der Waals surface area contributed by atoms with E-state index in [9.17, 15) is 4.79 Å². The first-order valence-corrected chi connectivity index (χ1v) is 9.54. The first-order chi connectivity index (χ1) is 13.2. The molecule has 144 valence electrons. The van der Waals surface area contributed by atoms with Crippen LogP contribution in [0.25, 0.3) is 0 Å². The highest BCUT2D eigenvalue weighted by atomic mass is 16.5. The minimum Gasteiger partial charge on any atom is -0.497 e. The molecule has 0 bridgehead atoms. The molecule has 0 saturated carbocycles. The van der Waals surface area contributed by atoms with Crippen LogP contribution in [-0.4, -0.2) is 38.1 Å². The maximum absolute atomic E-state index is 12.6. The molecule has 1 fully saturated rings. The van der Waals surface area contributed by atoms with Gasteiger partial charge in [0, 0.05) is 18.2 Å². The average molecular weight is 368 g/mol. The third-order valence-electron chi connectivity index (χ3n) is 4.98. The lowest BCUT2D eigenvalue weighted by atomic mass is 10.1. The first-order valence-electron chi connectivity index (χ1n) is 9.54. The van der Waals surface area contributed by atoms with Crippen molar-refractivity contribution in [3.05, 3.63) is 53.6 Å². The lowest BCUT2D eigenvalue weighted by Crippen LogP contribution is -2.24. The fourth-order valence-electron chi connectivity index (χ4n) is 3.41. The van der Waals surface area contributed by atoms with Crippen LogP contribution < -0.4 is 14.8 Å². The summed E-state index contributed by atoms with van der Waals surface area (Å²) in [5.41, 5.74) is 2.50. The van der Waals surface area contributed by atoms with E-state index in [0.29, 0.717) is 22.7 Å². The number of nitrogens with one attached hydrogen (secondary N) is 1. The number of hydrogen-bond donors (Lipinski definition) is 1. The maximum Gasteiger partial charge on any atom is 0.255 e. The third kappa shape index (κ3) is 5.23. The lowest BCUT2D eigenvalue weighted by molar-refractivity contribution is 0.102. The molecule has 0 atom stereocenters. The molecule has 5 heteroatoms. The number of carbonyl (C=O) groups is 1. The van der Waals surface area contributed by atoms with Crippen molar-refractivity contribution in [1.29, 1.82) is 0 Å². The van der Waals surface area contributed by atoms with Crippen LogP contribution in [0.4, 0.5) is 5.69 Å². The molecule has 3 rings (SSSR count). The number of likely N-dealkylation sites (tertiary alicyclic amines) is 1. The molecule has 1 heterocycles. The molecule has 1 aliphatic heterocycles. The van der Waals surface area contributed by atoms with Crippen LogP contribution in [0.5, 0.6) is 11.5 Å². The van der Waals surface area contributed by atoms with Gasteiger partial charge in [0.1, 0.15) is 11.5 Å². The molecule has 0 aromatic heterocycles. The summed E-state index contributed by atoms with van der Waals surface area (Å²) >= 11 is 0. The minimum atomic E-state index is -0.153. The number of anilines is 1. The third-order valence-corrected chi connectivity index (χ3v) is 4.98. The van der Waals surface area contributed by atoms with E-state index < -0.39 is 0 Å². The molecular formula is C22H28N2O3. The summed E-state index contributed by atoms with van der Waals surface area (Å²) in [6, 6.07) is 13.2. The van der Waals surface area contributed by atoms with Gasteiger partial charge in [-0.15, -0.1) is 0 Å². The zero-order valence-electron chi connectivity index (χ0n) is 16.2. The summed E-state index contributed by atoms with van der Waals surface area (Å²) in [6.45, 7) is 3.28. The van der Waals surface area contributed by atoms with E-state index >= 15 is 0 Å². The Labute approximate surface area is 161 Å². The van der Waals surface area contributed by atoms with Gasteiger partial charge < -0.3 is 14.8 Å². The monoisotopic (exact) mass is 368 g/mol. The highest BCUT2D eigenvalue weighted by Gasteiger charge is 2.12. The number of nitrogens with zero attached hydrogens (tertiary/aromatic N) is 1. The van der Waals surface area contributed by atoms with E-state index in [1.807, 2.05) is 24.3 Å². The van der Waals surface area contributed by atoms with Crippen LogP contribution in [0.3, 0.4) is 0 Å². The van der Waals surface area contributed by atoms with Crippen LogP contribution in [0.15, 0.2) is 42.5 Å². The summed E-state index contributed by atoms with van der Waals surface area (Å²) in [5.74, 6) is 1.10. The van der Waals surface area contributed by atoms with Gasteiger partial charge in [0.25, 0.3) is 5.91 Å². The lowest BCUT2D eigenvalue weighted by Gasteiger charge is -2.19. The maximum atomic E-state index is 12.6. The van der Waals surface area contributed by atoms with E-state index in [1.165, 1.54) is 44.3 Å². The summed E-state index contributed by atoms with van der Waals surface area (Å²) in [4.78, 5) is 15.1. The Hall–Kier alpha value is -2.53. The summed E-state index contributed by atoms with van der Waals surface area (Å²) in [7, 11) is 3.17. The van der Waals surface area contributed by atoms with Crippen molar-refractivity contribution in [1.82, 2.24) is 4.90 Å². The second kappa shape index (κ2) is 9.42. The Morgan fingerprint density at radius 3 is 2.30 bits per heavy atom. The Morgan fingerprint density at radius 1 is 0.963 bits per heavy atom. The van der Waals surface area contributed by atoms with E-state index in [0.717, 1.165) is 6.54 Å². The number of hydrogen-bond acceptors (Lipinski definition) is 4. The molecular weight excluding hydrogens is 340 g/mol. The van der Waals surface area contributed by atoms with E-state index in [-0.39, 0.29) is 5.91 Å². The molecule has 1 amide bonds. The fraction of sp³-hybridized carbons (Fsp3) is 0.409. The molecule has 1 saturated heterocycles. The van der Waals surface area contributed by atoms with Crippen molar-refractivity contribution < 1.29 is 14.3 Å². The van der Waals surface area contributed by atoms with Gasteiger partial charge in [0.05, 0.1) is 19.9 Å². The number of methoxy groups -OCH3 is 2. The predicted molar refractivity (Wildman–Crippen MR) is 108 cm³/mol. The number of benzene rings is 2. The van der Waals surface area contributed by atoms with Gasteiger partial charge >= 0.3 is 0 Å². The van der Waals surface area contributed by atoms with Crippen molar-refractivity contribution in [3.8, 4) is 11.5 Å². The summed E-state index contributed by atoms with van der Waals surface area (Å²) in [5, 5.41) is 2.91. The normalized spacial score (nSPS) is 15.0. The van der Waals surface area contributed by atoms with Crippen LogP contribution in [0.1, 0.15) is 41.6 Å². The van der Waals surface area contributed by atoms with Crippen molar-refractivity contribution in [3.63, 3.8) is 0 Å². The van der Waals surface area contributed by atoms with Crippen molar-refractivity contribution in [2.45, 2.75) is 32.2 Å². The zero-order chi connectivity index (χ0) is 19.1. The molecule has 2 aromatic carbocycles. The SMILES string of the molecule is COc1ccc(NC(=O)c2ccc(CN3CCCCCC3)cc2)c(OC)c1. The topological polar surface area (TPSA) is 50.8 Å². The fourth-order valence-corrected chi connectivity index (χ4v) is 3.41. The average Bonchev–Trinajstić information content (AvgIpc) is 2.97. The van der Waals surface area contributed by atoms with Crippen molar-refractivity contribution in [2.75, 3.05) is 32.6 Å². The molecule has 1 N–H and O–H groups in total. The molecule has 0 unspecified atom stereocenters. The largest absolute Gasteiger partial charge is 0.497 e. The van der Waals surface area contributed by atoms with Crippen LogP contribution in [-0.2, 0) is 6.54 Å². The highest BCUT2D eigenvalue weighted by molar-refractivity contribution is 6.05. The quantitative estimate of drug-likeness (QED) is 0.824. The molecule has 5 nitrogen and oxygen atoms in total. The standard InChI is InChI=1S/C22H28N2O3/c1-26-19-11-12-20(21(15-19)27-2)23-22(25)18-9-7-17(8-10-18)16-24-13-5-3-4-6-14-24/h7-12,15H,3-6,13-14,16H2,1-2H3,(H,23,25). The zero-order valence-corrected chi connectivity index (χ0v) is 16.2. The number of carbonyl (C=O) groups excluding carboxylic acids is 1. The van der Waals surface area contributed by atoms with Gasteiger partial charge in [-0.05, 0) is 55.8 Å². The van der Waals surface area contributed by atoms with E-state index in [4.69, 9.17) is 9.47 Å². The van der Waals surface area contributed by atoms with Gasteiger partial charge in [0.2, 0.25) is 0 Å². The van der Waals surface area contributed by atoms with Crippen LogP contribution >= 0.6 is 0 Å². The van der Waals surface area contributed by atoms with Crippen LogP contribution in [0.2, 0.25) is 0 Å². The van der Waals surface area contributed by atoms with Crippen molar-refractivity contribution in [2.24, 2.45) is 0 Å². The van der Waals surface area contributed by atoms with Gasteiger partial charge in [-0.2, -0.15) is 0 Å². The van der Waals surface area contributed by atoms with E-state index in [1.54, 1.807) is 32.4 Å². The summed E-state index contributed by atoms with van der Waals surface area (Å²) < 4.78 is 10.5. The molecule has 2 aromatic rings. The number of rotatable bonds is 6. The Morgan fingerprint density at radius 2 is 1.67 bits per heavy atom. The Balaban J connectivity index is 1.63. The second-order valence-corrected chi connectivity index (χ2v) is 6.91. The summed E-state index contributed by atoms with van der Waals surface area (Å²) in [6.07, 6.45) is 5.24. The first kappa shape index (κ1) is 19.2. The predicted octanol–water partition coefficient (Wildman–Crippen LogP) is 4.33. The Bertz CT molecular complexity index is 751. The van der Waals surface area contributed by atoms with Gasteiger partial charge in [-0.25, -0.2) is 0 Å². The second-order valence-electron chi connectivity index (χ2n) is 6.91. The minimum absolute atomic E-state index is 0.153. The Kier molecular flexibility index (Phi) is 6.71. The van der Waals surface area contributed by atoms with Crippen molar-refractivity contribution >= 4 is 11.6 Å². The molecule has 27 heavy (non-hydrogen) atoms. The number of amides is 1. The molecule has 1 aliphatic rings. The van der Waals surface area contributed by atoms with Gasteiger partial charge in [-0.1, -0.05) is 25.0 Å². The molecule has 0 spiro atoms.